The predicted molar refractivity (Wildman–Crippen MR) is 149 cm³/mol. The van der Waals surface area contributed by atoms with E-state index in [1.54, 1.807) is 4.90 Å². The summed E-state index contributed by atoms with van der Waals surface area (Å²) in [6.07, 6.45) is 0.119. The van der Waals surface area contributed by atoms with Gasteiger partial charge in [-0.2, -0.15) is 0 Å². The van der Waals surface area contributed by atoms with Gasteiger partial charge in [-0.25, -0.2) is 0 Å². The van der Waals surface area contributed by atoms with E-state index in [1.165, 1.54) is 0 Å². The van der Waals surface area contributed by atoms with Crippen LogP contribution in [0.15, 0.2) is 0 Å². The summed E-state index contributed by atoms with van der Waals surface area (Å²) >= 11 is 0. The molecule has 1 aliphatic heterocycles. The molecule has 0 aromatic carbocycles. The zero-order chi connectivity index (χ0) is 30.1. The fourth-order valence-corrected chi connectivity index (χ4v) is 4.11. The number of aliphatic hydroxyl groups is 2. The van der Waals surface area contributed by atoms with E-state index in [0.717, 1.165) is 13.0 Å². The van der Waals surface area contributed by atoms with Gasteiger partial charge in [-0.05, 0) is 12.8 Å². The standard InChI is InChI=1S/C26H51N5O10/c1-2-13-38-15-17-40-18-16-39-14-3-4-27-24(33)19-28-5-6-29(20-25(34)35)7-8-30(21-26(36)37)10-12-31(11-9-28)22-41-23-32/h23,25,34-35H,2-22H2,1H3,(H,27,33)(H,36,37). The summed E-state index contributed by atoms with van der Waals surface area (Å²) in [5.41, 5.74) is 0. The number of carbonyl (C=O) groups is 3. The molecular formula is C26H51N5O10. The minimum atomic E-state index is -1.53. The lowest BCUT2D eigenvalue weighted by Crippen LogP contribution is -2.49. The number of nitrogens with zero attached hydrogens (tertiary/aromatic N) is 4. The molecule has 0 aromatic heterocycles. The van der Waals surface area contributed by atoms with Crippen molar-refractivity contribution in [1.29, 1.82) is 0 Å². The molecule has 1 rings (SSSR count). The van der Waals surface area contributed by atoms with E-state index in [2.05, 4.69) is 12.2 Å². The first-order chi connectivity index (χ1) is 19.8. The highest BCUT2D eigenvalue weighted by Crippen LogP contribution is 2.02. The molecule has 15 heteroatoms. The molecule has 41 heavy (non-hydrogen) atoms. The van der Waals surface area contributed by atoms with Gasteiger partial charge in [0.15, 0.2) is 6.29 Å². The molecule has 0 atom stereocenters. The van der Waals surface area contributed by atoms with Crippen LogP contribution in [0.4, 0.5) is 0 Å². The van der Waals surface area contributed by atoms with Crippen LogP contribution in [0.3, 0.4) is 0 Å². The van der Waals surface area contributed by atoms with Crippen molar-refractivity contribution in [3.05, 3.63) is 0 Å². The van der Waals surface area contributed by atoms with Gasteiger partial charge < -0.3 is 39.6 Å². The first-order valence-corrected chi connectivity index (χ1v) is 14.4. The SMILES string of the molecule is CCCOCCOCCOCCCNC(=O)CN1CCN(COC=O)CCN(CC(=O)O)CCN(CC(O)O)CC1. The van der Waals surface area contributed by atoms with Crippen LogP contribution in [0.5, 0.6) is 0 Å². The van der Waals surface area contributed by atoms with Crippen LogP contribution in [0, 0.1) is 0 Å². The highest BCUT2D eigenvalue weighted by molar-refractivity contribution is 5.77. The van der Waals surface area contributed by atoms with Crippen molar-refractivity contribution >= 4 is 18.3 Å². The Bertz CT molecular complexity index is 691. The van der Waals surface area contributed by atoms with Crippen molar-refractivity contribution < 1.29 is 48.7 Å². The molecule has 0 aliphatic carbocycles. The van der Waals surface area contributed by atoms with Gasteiger partial charge >= 0.3 is 5.97 Å². The normalized spacial score (nSPS) is 17.2. The third-order valence-corrected chi connectivity index (χ3v) is 6.28. The van der Waals surface area contributed by atoms with Gasteiger partial charge in [0.1, 0.15) is 6.73 Å². The Morgan fingerprint density at radius 1 is 0.780 bits per heavy atom. The Morgan fingerprint density at radius 3 is 1.83 bits per heavy atom. The summed E-state index contributed by atoms with van der Waals surface area (Å²) in [5, 5.41) is 31.3. The Hall–Kier alpha value is -1.95. The summed E-state index contributed by atoms with van der Waals surface area (Å²) < 4.78 is 21.2. The highest BCUT2D eigenvalue weighted by Gasteiger charge is 2.20. The lowest BCUT2D eigenvalue weighted by atomic mass is 10.3. The number of ether oxygens (including phenoxy) is 4. The molecule has 0 saturated carbocycles. The molecule has 1 aliphatic rings. The molecule has 0 spiro atoms. The summed E-state index contributed by atoms with van der Waals surface area (Å²) in [4.78, 5) is 42.2. The number of rotatable bonds is 21. The predicted octanol–water partition coefficient (Wildman–Crippen LogP) is -2.30. The maximum atomic E-state index is 12.7. The minimum Gasteiger partial charge on any atom is -0.480 e. The quantitative estimate of drug-likeness (QED) is 0.0635. The van der Waals surface area contributed by atoms with Gasteiger partial charge in [0, 0.05) is 78.7 Å². The van der Waals surface area contributed by atoms with Gasteiger partial charge in [0.05, 0.1) is 39.5 Å². The monoisotopic (exact) mass is 593 g/mol. The molecule has 0 bridgehead atoms. The number of carboxylic acids is 1. The van der Waals surface area contributed by atoms with Gasteiger partial charge in [-0.1, -0.05) is 6.92 Å². The number of hydrogen-bond donors (Lipinski definition) is 4. The zero-order valence-electron chi connectivity index (χ0n) is 24.5. The third-order valence-electron chi connectivity index (χ3n) is 6.28. The van der Waals surface area contributed by atoms with Crippen molar-refractivity contribution in [1.82, 2.24) is 24.9 Å². The largest absolute Gasteiger partial charge is 0.480 e. The molecule has 15 nitrogen and oxygen atoms in total. The smallest absolute Gasteiger partial charge is 0.317 e. The van der Waals surface area contributed by atoms with Crippen LogP contribution in [-0.2, 0) is 33.3 Å². The summed E-state index contributed by atoms with van der Waals surface area (Å²) in [5.74, 6) is -1.09. The maximum Gasteiger partial charge on any atom is 0.317 e. The fourth-order valence-electron chi connectivity index (χ4n) is 4.11. The molecule has 1 heterocycles. The van der Waals surface area contributed by atoms with Gasteiger partial charge in [0.25, 0.3) is 6.47 Å². The first kappa shape index (κ1) is 37.1. The number of aliphatic carboxylic acids is 1. The number of carboxylic acid groups (broad SMARTS) is 1. The minimum absolute atomic E-state index is 0.0118. The van der Waals surface area contributed by atoms with E-state index in [4.69, 9.17) is 18.9 Å². The molecular weight excluding hydrogens is 542 g/mol. The number of nitrogens with one attached hydrogen (secondary N) is 1. The zero-order valence-corrected chi connectivity index (χ0v) is 24.5. The van der Waals surface area contributed by atoms with E-state index >= 15 is 0 Å². The van der Waals surface area contributed by atoms with Crippen molar-refractivity contribution in [3.63, 3.8) is 0 Å². The average molecular weight is 594 g/mol. The second kappa shape index (κ2) is 24.6. The van der Waals surface area contributed by atoms with Gasteiger partial charge in [0.2, 0.25) is 5.91 Å². The molecule has 0 radical (unpaired) electrons. The summed E-state index contributed by atoms with van der Waals surface area (Å²) in [6.45, 7) is 9.93. The number of carbonyl (C=O) groups excluding carboxylic acids is 2. The maximum absolute atomic E-state index is 12.7. The Kier molecular flexibility index (Phi) is 22.3. The molecule has 0 unspecified atom stereocenters. The van der Waals surface area contributed by atoms with Crippen LogP contribution in [-0.4, -0.2) is 184 Å². The average Bonchev–Trinajstić information content (AvgIpc) is 2.92. The van der Waals surface area contributed by atoms with Crippen molar-refractivity contribution in [2.75, 3.05) is 125 Å². The number of β-amino-alcohol motifs (C(OH)–C–C–N with tert-alkyl or cyclic N) is 2. The second-order valence-corrected chi connectivity index (χ2v) is 9.78. The molecule has 1 saturated heterocycles. The van der Waals surface area contributed by atoms with E-state index in [1.807, 2.05) is 14.7 Å². The van der Waals surface area contributed by atoms with Crippen LogP contribution < -0.4 is 5.32 Å². The van der Waals surface area contributed by atoms with Crippen LogP contribution in [0.25, 0.3) is 0 Å². The van der Waals surface area contributed by atoms with Gasteiger partial charge in [-0.15, -0.1) is 0 Å². The Morgan fingerprint density at radius 2 is 1.29 bits per heavy atom. The Labute approximate surface area is 243 Å². The lowest BCUT2D eigenvalue weighted by Gasteiger charge is -2.33. The van der Waals surface area contributed by atoms with Crippen molar-refractivity contribution in [2.45, 2.75) is 26.1 Å². The second-order valence-electron chi connectivity index (χ2n) is 9.78. The summed E-state index contributed by atoms with van der Waals surface area (Å²) in [6, 6.07) is 0. The Balaban J connectivity index is 2.51. The fraction of sp³-hybridized carbons (Fsp3) is 0.885. The molecule has 0 aromatic rings. The summed E-state index contributed by atoms with van der Waals surface area (Å²) in [7, 11) is 0. The van der Waals surface area contributed by atoms with E-state index in [0.29, 0.717) is 105 Å². The van der Waals surface area contributed by atoms with E-state index in [9.17, 15) is 29.7 Å². The topological polar surface area (TPSA) is 174 Å². The highest BCUT2D eigenvalue weighted by atomic mass is 16.5. The molecule has 240 valence electrons. The lowest BCUT2D eigenvalue weighted by molar-refractivity contribution is -0.138. The van der Waals surface area contributed by atoms with Crippen LogP contribution in [0.2, 0.25) is 0 Å². The van der Waals surface area contributed by atoms with Crippen molar-refractivity contribution in [3.8, 4) is 0 Å². The van der Waals surface area contributed by atoms with Gasteiger partial charge in [-0.3, -0.25) is 34.0 Å². The van der Waals surface area contributed by atoms with Crippen LogP contribution >= 0.6 is 0 Å². The molecule has 1 amide bonds. The van der Waals surface area contributed by atoms with E-state index < -0.39 is 12.3 Å². The molecule has 1 fully saturated rings. The molecule has 4 N–H and O–H groups in total. The number of hydrogen-bond acceptors (Lipinski definition) is 13. The number of aliphatic hydroxyl groups excluding tert-OH is 1. The van der Waals surface area contributed by atoms with E-state index in [-0.39, 0.29) is 32.3 Å². The number of amides is 1. The first-order valence-electron chi connectivity index (χ1n) is 14.4. The third kappa shape index (κ3) is 21.4. The van der Waals surface area contributed by atoms with Crippen molar-refractivity contribution in [2.24, 2.45) is 0 Å². The van der Waals surface area contributed by atoms with Crippen LogP contribution in [0.1, 0.15) is 19.8 Å².